The van der Waals surface area contributed by atoms with Crippen molar-refractivity contribution < 1.29 is 4.79 Å². The molecule has 0 aliphatic carbocycles. The Morgan fingerprint density at radius 3 is 2.42 bits per heavy atom. The third-order valence-electron chi connectivity index (χ3n) is 3.26. The van der Waals surface area contributed by atoms with Crippen molar-refractivity contribution in [2.24, 2.45) is 0 Å². The van der Waals surface area contributed by atoms with Crippen molar-refractivity contribution in [1.82, 2.24) is 0 Å². The molecular formula is C17H19NO. The van der Waals surface area contributed by atoms with E-state index in [0.29, 0.717) is 6.42 Å². The number of carbonyl (C=O) groups is 1. The predicted octanol–water partition coefficient (Wildman–Crippen LogP) is 3.91. The van der Waals surface area contributed by atoms with Crippen LogP contribution in [0.1, 0.15) is 34.8 Å². The van der Waals surface area contributed by atoms with Crippen molar-refractivity contribution in [3.63, 3.8) is 0 Å². The smallest absolute Gasteiger partial charge is 0.164 e. The Bertz CT molecular complexity index is 561. The average molecular weight is 253 g/mol. The molecule has 0 aliphatic heterocycles. The van der Waals surface area contributed by atoms with Crippen molar-refractivity contribution in [1.29, 1.82) is 0 Å². The lowest BCUT2D eigenvalue weighted by Crippen LogP contribution is -2.06. The summed E-state index contributed by atoms with van der Waals surface area (Å²) in [6.45, 7) is 1.89. The van der Waals surface area contributed by atoms with E-state index in [1.807, 2.05) is 44.3 Å². The van der Waals surface area contributed by atoms with Gasteiger partial charge in [-0.25, -0.2) is 0 Å². The van der Waals surface area contributed by atoms with Crippen LogP contribution in [0.4, 0.5) is 5.69 Å². The second-order valence-corrected chi connectivity index (χ2v) is 4.53. The summed E-state index contributed by atoms with van der Waals surface area (Å²) < 4.78 is 0. The minimum atomic E-state index is 0.180. The number of ketones is 1. The van der Waals surface area contributed by atoms with Crippen LogP contribution in [0.25, 0.3) is 0 Å². The molecule has 2 rings (SSSR count). The van der Waals surface area contributed by atoms with Crippen LogP contribution >= 0.6 is 0 Å². The van der Waals surface area contributed by atoms with E-state index in [1.54, 1.807) is 0 Å². The molecule has 0 fully saturated rings. The number of hydrogen-bond donors (Lipinski definition) is 1. The summed E-state index contributed by atoms with van der Waals surface area (Å²) in [5.41, 5.74) is 4.16. The van der Waals surface area contributed by atoms with Gasteiger partial charge in [0.05, 0.1) is 0 Å². The summed E-state index contributed by atoms with van der Waals surface area (Å²) in [6.07, 6.45) is 1.37. The van der Waals surface area contributed by atoms with Gasteiger partial charge in [0, 0.05) is 24.7 Å². The van der Waals surface area contributed by atoms with Crippen molar-refractivity contribution in [3.8, 4) is 0 Å². The number of carbonyl (C=O) groups excluding carboxylic acids is 1. The zero-order valence-corrected chi connectivity index (χ0v) is 11.4. The van der Waals surface area contributed by atoms with E-state index in [9.17, 15) is 4.79 Å². The van der Waals surface area contributed by atoms with E-state index in [1.165, 1.54) is 5.56 Å². The first kappa shape index (κ1) is 13.3. The third-order valence-corrected chi connectivity index (χ3v) is 3.26. The maximum absolute atomic E-state index is 12.0. The summed E-state index contributed by atoms with van der Waals surface area (Å²) in [4.78, 5) is 12.0. The highest BCUT2D eigenvalue weighted by Gasteiger charge is 2.12. The fourth-order valence-electron chi connectivity index (χ4n) is 2.28. The number of Topliss-reactive ketones (excluding diaryl/α,β-unsaturated/α-hetero) is 1. The van der Waals surface area contributed by atoms with E-state index in [-0.39, 0.29) is 5.78 Å². The molecule has 0 bridgehead atoms. The molecule has 0 unspecified atom stereocenters. The van der Waals surface area contributed by atoms with Gasteiger partial charge in [-0.3, -0.25) is 4.79 Å². The van der Waals surface area contributed by atoms with Crippen LogP contribution in [0, 0.1) is 0 Å². The van der Waals surface area contributed by atoms with E-state index >= 15 is 0 Å². The lowest BCUT2D eigenvalue weighted by Gasteiger charge is -2.13. The molecule has 19 heavy (non-hydrogen) atoms. The number of para-hydroxylation sites is 1. The molecule has 0 saturated carbocycles. The van der Waals surface area contributed by atoms with Crippen LogP contribution in [0.15, 0.2) is 48.5 Å². The lowest BCUT2D eigenvalue weighted by atomic mass is 9.97. The molecule has 98 valence electrons. The van der Waals surface area contributed by atoms with Gasteiger partial charge < -0.3 is 5.32 Å². The Morgan fingerprint density at radius 1 is 1.05 bits per heavy atom. The Morgan fingerprint density at radius 2 is 1.79 bits per heavy atom. The molecule has 2 heteroatoms. The van der Waals surface area contributed by atoms with Crippen LogP contribution in [0.5, 0.6) is 0 Å². The van der Waals surface area contributed by atoms with Gasteiger partial charge in [0.25, 0.3) is 0 Å². The largest absolute Gasteiger partial charge is 0.387 e. The topological polar surface area (TPSA) is 29.1 Å². The Balaban J connectivity index is 2.38. The van der Waals surface area contributed by atoms with Gasteiger partial charge >= 0.3 is 0 Å². The standard InChI is InChI=1S/C17H19NO/c1-3-16(19)15-11-7-10-14(17(15)18-2)12-13-8-5-4-6-9-13/h4-11,18H,3,12H2,1-2H3. The molecule has 0 aliphatic rings. The quantitative estimate of drug-likeness (QED) is 0.818. The third kappa shape index (κ3) is 3.02. The van der Waals surface area contributed by atoms with Crippen molar-refractivity contribution in [3.05, 3.63) is 65.2 Å². The number of nitrogens with one attached hydrogen (secondary N) is 1. The highest BCUT2D eigenvalue weighted by atomic mass is 16.1. The zero-order chi connectivity index (χ0) is 13.7. The van der Waals surface area contributed by atoms with Crippen molar-refractivity contribution in [2.45, 2.75) is 19.8 Å². The van der Waals surface area contributed by atoms with Crippen LogP contribution in [-0.4, -0.2) is 12.8 Å². The highest BCUT2D eigenvalue weighted by Crippen LogP contribution is 2.24. The van der Waals surface area contributed by atoms with E-state index in [2.05, 4.69) is 23.5 Å². The molecule has 0 saturated heterocycles. The minimum Gasteiger partial charge on any atom is -0.387 e. The Labute approximate surface area is 114 Å². The van der Waals surface area contributed by atoms with Gasteiger partial charge in [-0.1, -0.05) is 49.4 Å². The van der Waals surface area contributed by atoms with E-state index < -0.39 is 0 Å². The lowest BCUT2D eigenvalue weighted by molar-refractivity contribution is 0.0989. The van der Waals surface area contributed by atoms with Gasteiger partial charge in [0.2, 0.25) is 0 Å². The summed E-state index contributed by atoms with van der Waals surface area (Å²) in [6, 6.07) is 16.2. The maximum atomic E-state index is 12.0. The second-order valence-electron chi connectivity index (χ2n) is 4.53. The molecule has 1 N–H and O–H groups in total. The number of rotatable bonds is 5. The Hall–Kier alpha value is -2.09. The molecule has 0 atom stereocenters. The van der Waals surface area contributed by atoms with Crippen LogP contribution < -0.4 is 5.32 Å². The zero-order valence-electron chi connectivity index (χ0n) is 11.4. The molecule has 2 nitrogen and oxygen atoms in total. The second kappa shape index (κ2) is 6.19. The number of anilines is 1. The van der Waals surface area contributed by atoms with Crippen molar-refractivity contribution in [2.75, 3.05) is 12.4 Å². The monoisotopic (exact) mass is 253 g/mol. The molecule has 2 aromatic carbocycles. The normalized spacial score (nSPS) is 10.2. The van der Waals surface area contributed by atoms with Crippen LogP contribution in [0.3, 0.4) is 0 Å². The Kier molecular flexibility index (Phi) is 4.35. The fraction of sp³-hybridized carbons (Fsp3) is 0.235. The molecule has 0 aromatic heterocycles. The van der Waals surface area contributed by atoms with E-state index in [0.717, 1.165) is 23.2 Å². The fourth-order valence-corrected chi connectivity index (χ4v) is 2.28. The average Bonchev–Trinajstić information content (AvgIpc) is 2.47. The number of benzene rings is 2. The summed E-state index contributed by atoms with van der Waals surface area (Å²) in [7, 11) is 1.87. The molecular weight excluding hydrogens is 234 g/mol. The summed E-state index contributed by atoms with van der Waals surface area (Å²) in [5.74, 6) is 0.180. The van der Waals surface area contributed by atoms with Crippen LogP contribution in [-0.2, 0) is 6.42 Å². The van der Waals surface area contributed by atoms with Crippen LogP contribution in [0.2, 0.25) is 0 Å². The summed E-state index contributed by atoms with van der Waals surface area (Å²) in [5, 5.41) is 3.18. The van der Waals surface area contributed by atoms with Crippen molar-refractivity contribution >= 4 is 11.5 Å². The molecule has 2 aromatic rings. The number of hydrogen-bond acceptors (Lipinski definition) is 2. The first-order valence-corrected chi connectivity index (χ1v) is 6.63. The van der Waals surface area contributed by atoms with Gasteiger partial charge in [-0.15, -0.1) is 0 Å². The SMILES string of the molecule is CCC(=O)c1cccc(Cc2ccccc2)c1NC. The molecule has 0 heterocycles. The van der Waals surface area contributed by atoms with Gasteiger partial charge in [-0.2, -0.15) is 0 Å². The molecule has 0 radical (unpaired) electrons. The van der Waals surface area contributed by atoms with E-state index in [4.69, 9.17) is 0 Å². The summed E-state index contributed by atoms with van der Waals surface area (Å²) >= 11 is 0. The van der Waals surface area contributed by atoms with Gasteiger partial charge in [0.1, 0.15) is 0 Å². The molecule has 0 amide bonds. The van der Waals surface area contributed by atoms with Gasteiger partial charge in [0.15, 0.2) is 5.78 Å². The highest BCUT2D eigenvalue weighted by molar-refractivity contribution is 6.01. The molecule has 0 spiro atoms. The van der Waals surface area contributed by atoms with Gasteiger partial charge in [-0.05, 0) is 23.6 Å². The maximum Gasteiger partial charge on any atom is 0.164 e. The first-order chi connectivity index (χ1) is 9.26. The predicted molar refractivity (Wildman–Crippen MR) is 79.9 cm³/mol. The first-order valence-electron chi connectivity index (χ1n) is 6.63. The minimum absolute atomic E-state index is 0.180.